The number of thiophene rings is 1. The fraction of sp³-hybridized carbons (Fsp3) is 0.300. The average molecular weight is 370 g/mol. The van der Waals surface area contributed by atoms with Crippen LogP contribution in [0.15, 0.2) is 42.6 Å². The van der Waals surface area contributed by atoms with E-state index in [1.165, 1.54) is 11.3 Å². The first-order chi connectivity index (χ1) is 12.6. The van der Waals surface area contributed by atoms with Gasteiger partial charge < -0.3 is 14.8 Å². The number of nitrogens with one attached hydrogen (secondary N) is 1. The molecule has 0 spiro atoms. The number of pyridine rings is 1. The highest BCUT2D eigenvalue weighted by Gasteiger charge is 2.16. The van der Waals surface area contributed by atoms with Gasteiger partial charge in [-0.2, -0.15) is 0 Å². The maximum absolute atomic E-state index is 12.7. The summed E-state index contributed by atoms with van der Waals surface area (Å²) in [5, 5.41) is 3.96. The number of benzene rings is 1. The molecule has 5 nitrogen and oxygen atoms in total. The van der Waals surface area contributed by atoms with Gasteiger partial charge >= 0.3 is 0 Å². The van der Waals surface area contributed by atoms with Crippen LogP contribution in [0.1, 0.15) is 29.1 Å². The van der Waals surface area contributed by atoms with E-state index in [0.717, 1.165) is 15.8 Å². The van der Waals surface area contributed by atoms with Gasteiger partial charge in [0.25, 0.3) is 5.91 Å². The lowest BCUT2D eigenvalue weighted by molar-refractivity contribution is 0.0402. The molecule has 0 fully saturated rings. The zero-order valence-electron chi connectivity index (χ0n) is 15.1. The summed E-state index contributed by atoms with van der Waals surface area (Å²) in [4.78, 5) is 18.6. The minimum absolute atomic E-state index is 0.0203. The summed E-state index contributed by atoms with van der Waals surface area (Å²) in [5.74, 6) is 0.564. The predicted molar refractivity (Wildman–Crippen MR) is 105 cm³/mol. The maximum atomic E-state index is 12.7. The zero-order chi connectivity index (χ0) is 18.5. The highest BCUT2D eigenvalue weighted by Crippen LogP contribution is 2.29. The maximum Gasteiger partial charge on any atom is 0.266 e. The van der Waals surface area contributed by atoms with Gasteiger partial charge in [-0.15, -0.1) is 11.3 Å². The standard InChI is InChI=1S/C20H22N2O3S/c1-4-24-13(2)12-25-16-8-5-7-15(11-16)22-19(23)18-14(3)17-9-6-10-21-20(17)26-18/h5-11,13H,4,12H2,1-3H3,(H,22,23). The van der Waals surface area contributed by atoms with Crippen LogP contribution in [0.4, 0.5) is 5.69 Å². The Bertz CT molecular complexity index is 907. The molecular formula is C20H22N2O3S. The number of hydrogen-bond acceptors (Lipinski definition) is 5. The molecule has 2 aromatic heterocycles. The number of aryl methyl sites for hydroxylation is 1. The molecule has 136 valence electrons. The number of anilines is 1. The second-order valence-electron chi connectivity index (χ2n) is 5.97. The molecule has 0 bridgehead atoms. The first kappa shape index (κ1) is 18.4. The monoisotopic (exact) mass is 370 g/mol. The van der Waals surface area contributed by atoms with Crippen molar-refractivity contribution in [2.75, 3.05) is 18.5 Å². The summed E-state index contributed by atoms with van der Waals surface area (Å²) in [6.07, 6.45) is 1.76. The first-order valence-corrected chi connectivity index (χ1v) is 9.40. The molecule has 0 aliphatic heterocycles. The molecule has 1 aromatic carbocycles. The summed E-state index contributed by atoms with van der Waals surface area (Å²) in [5.41, 5.74) is 1.65. The molecule has 1 atom stereocenters. The molecule has 3 rings (SSSR count). The smallest absolute Gasteiger partial charge is 0.266 e. The van der Waals surface area contributed by atoms with Crippen LogP contribution in [0.25, 0.3) is 10.2 Å². The number of carbonyl (C=O) groups is 1. The number of carbonyl (C=O) groups excluding carboxylic acids is 1. The summed E-state index contributed by atoms with van der Waals surface area (Å²) >= 11 is 1.40. The minimum atomic E-state index is -0.134. The Morgan fingerprint density at radius 2 is 2.15 bits per heavy atom. The summed E-state index contributed by atoms with van der Waals surface area (Å²) < 4.78 is 11.2. The topological polar surface area (TPSA) is 60.5 Å². The molecule has 1 unspecified atom stereocenters. The van der Waals surface area contributed by atoms with Crippen LogP contribution in [-0.2, 0) is 4.74 Å². The number of amides is 1. The second-order valence-corrected chi connectivity index (χ2v) is 6.97. The van der Waals surface area contributed by atoms with Crippen molar-refractivity contribution in [1.29, 1.82) is 0 Å². The number of aromatic nitrogens is 1. The lowest BCUT2D eigenvalue weighted by Gasteiger charge is -2.13. The van der Waals surface area contributed by atoms with Gasteiger partial charge in [-0.25, -0.2) is 4.98 Å². The third-order valence-electron chi connectivity index (χ3n) is 3.95. The lowest BCUT2D eigenvalue weighted by Crippen LogP contribution is -2.18. The highest BCUT2D eigenvalue weighted by atomic mass is 32.1. The molecule has 0 aliphatic carbocycles. The van der Waals surface area contributed by atoms with Crippen LogP contribution >= 0.6 is 11.3 Å². The number of nitrogens with zero attached hydrogens (tertiary/aromatic N) is 1. The molecule has 2 heterocycles. The van der Waals surface area contributed by atoms with Crippen molar-refractivity contribution in [3.8, 4) is 5.75 Å². The molecule has 0 radical (unpaired) electrons. The number of rotatable bonds is 7. The van der Waals surface area contributed by atoms with Crippen LogP contribution in [0.3, 0.4) is 0 Å². The molecule has 0 saturated heterocycles. The van der Waals surface area contributed by atoms with E-state index < -0.39 is 0 Å². The molecular weight excluding hydrogens is 348 g/mol. The van der Waals surface area contributed by atoms with E-state index in [9.17, 15) is 4.79 Å². The van der Waals surface area contributed by atoms with Crippen LogP contribution in [0.5, 0.6) is 5.75 Å². The Morgan fingerprint density at radius 3 is 2.92 bits per heavy atom. The third-order valence-corrected chi connectivity index (χ3v) is 5.16. The van der Waals surface area contributed by atoms with E-state index in [4.69, 9.17) is 9.47 Å². The van der Waals surface area contributed by atoms with Gasteiger partial charge in [0.05, 0.1) is 11.0 Å². The van der Waals surface area contributed by atoms with E-state index >= 15 is 0 Å². The fourth-order valence-corrected chi connectivity index (χ4v) is 3.71. The Labute approximate surface area is 157 Å². The lowest BCUT2D eigenvalue weighted by atomic mass is 10.2. The SMILES string of the molecule is CCOC(C)COc1cccc(NC(=O)c2sc3ncccc3c2C)c1. The van der Waals surface area contributed by atoms with E-state index in [1.807, 2.05) is 57.2 Å². The molecule has 6 heteroatoms. The average Bonchev–Trinajstić information content (AvgIpc) is 2.98. The van der Waals surface area contributed by atoms with Gasteiger partial charge in [0, 0.05) is 29.9 Å². The predicted octanol–water partition coefficient (Wildman–Crippen LogP) is 4.66. The van der Waals surface area contributed by atoms with Gasteiger partial charge in [-0.1, -0.05) is 12.1 Å². The fourth-order valence-electron chi connectivity index (χ4n) is 2.67. The van der Waals surface area contributed by atoms with Crippen LogP contribution < -0.4 is 10.1 Å². The first-order valence-electron chi connectivity index (χ1n) is 8.58. The molecule has 26 heavy (non-hydrogen) atoms. The Balaban J connectivity index is 1.71. The van der Waals surface area contributed by atoms with Gasteiger partial charge in [0.1, 0.15) is 17.2 Å². The minimum Gasteiger partial charge on any atom is -0.491 e. The van der Waals surface area contributed by atoms with Crippen molar-refractivity contribution < 1.29 is 14.3 Å². The van der Waals surface area contributed by atoms with Crippen LogP contribution in [-0.4, -0.2) is 30.2 Å². The van der Waals surface area contributed by atoms with Crippen LogP contribution in [0.2, 0.25) is 0 Å². The summed E-state index contributed by atoms with van der Waals surface area (Å²) in [7, 11) is 0. The molecule has 1 N–H and O–H groups in total. The number of hydrogen-bond donors (Lipinski definition) is 1. The van der Waals surface area contributed by atoms with Gasteiger partial charge in [0.15, 0.2) is 0 Å². The molecule has 3 aromatic rings. The number of ether oxygens (including phenoxy) is 2. The molecule has 0 aliphatic rings. The quantitative estimate of drug-likeness (QED) is 0.657. The van der Waals surface area contributed by atoms with E-state index in [-0.39, 0.29) is 12.0 Å². The van der Waals surface area contributed by atoms with Crippen molar-refractivity contribution in [3.05, 3.63) is 53.0 Å². The van der Waals surface area contributed by atoms with E-state index in [1.54, 1.807) is 6.20 Å². The zero-order valence-corrected chi connectivity index (χ0v) is 15.9. The van der Waals surface area contributed by atoms with Crippen molar-refractivity contribution >= 4 is 33.1 Å². The van der Waals surface area contributed by atoms with Gasteiger partial charge in [-0.3, -0.25) is 4.79 Å². The second kappa shape index (κ2) is 8.29. The van der Waals surface area contributed by atoms with Crippen LogP contribution in [0, 0.1) is 6.92 Å². The molecule has 1 amide bonds. The largest absolute Gasteiger partial charge is 0.491 e. The number of fused-ring (bicyclic) bond motifs is 1. The Hall–Kier alpha value is -2.44. The third kappa shape index (κ3) is 4.20. The normalized spacial score (nSPS) is 12.1. The van der Waals surface area contributed by atoms with E-state index in [0.29, 0.717) is 29.5 Å². The Kier molecular flexibility index (Phi) is 5.85. The Morgan fingerprint density at radius 1 is 1.31 bits per heavy atom. The summed E-state index contributed by atoms with van der Waals surface area (Å²) in [6.45, 7) is 6.99. The van der Waals surface area contributed by atoms with Crippen molar-refractivity contribution in [3.63, 3.8) is 0 Å². The summed E-state index contributed by atoms with van der Waals surface area (Å²) in [6, 6.07) is 11.3. The van der Waals surface area contributed by atoms with Crippen molar-refractivity contribution in [2.24, 2.45) is 0 Å². The van der Waals surface area contributed by atoms with Crippen molar-refractivity contribution in [1.82, 2.24) is 4.98 Å². The van der Waals surface area contributed by atoms with Gasteiger partial charge in [-0.05, 0) is 44.5 Å². The van der Waals surface area contributed by atoms with Crippen molar-refractivity contribution in [2.45, 2.75) is 26.9 Å². The van der Waals surface area contributed by atoms with E-state index in [2.05, 4.69) is 10.3 Å². The molecule has 0 saturated carbocycles. The highest BCUT2D eigenvalue weighted by molar-refractivity contribution is 7.20. The van der Waals surface area contributed by atoms with Gasteiger partial charge in [0.2, 0.25) is 0 Å².